The Bertz CT molecular complexity index is 1390. The minimum atomic E-state index is -0.679. The van der Waals surface area contributed by atoms with Crippen molar-refractivity contribution in [3.63, 3.8) is 0 Å². The van der Waals surface area contributed by atoms with Crippen LogP contribution >= 0.6 is 22.9 Å². The first-order valence-electron chi connectivity index (χ1n) is 11.0. The summed E-state index contributed by atoms with van der Waals surface area (Å²) in [6, 6.07) is 14.8. The first-order chi connectivity index (χ1) is 16.5. The molecule has 2 aliphatic rings. The zero-order valence-corrected chi connectivity index (χ0v) is 20.3. The lowest BCUT2D eigenvalue weighted by Crippen LogP contribution is -2.42. The number of nitrogens with zero attached hydrogens (tertiary/aromatic N) is 6. The van der Waals surface area contributed by atoms with Gasteiger partial charge < -0.3 is 9.80 Å². The van der Waals surface area contributed by atoms with Crippen molar-refractivity contribution in [1.82, 2.24) is 18.0 Å². The second kappa shape index (κ2) is 8.15. The van der Waals surface area contributed by atoms with Crippen LogP contribution in [0.3, 0.4) is 0 Å². The number of rotatable bonds is 4. The number of amides is 1. The maximum atomic E-state index is 15.2. The van der Waals surface area contributed by atoms with Crippen LogP contribution in [0.2, 0.25) is 0 Å². The van der Waals surface area contributed by atoms with Gasteiger partial charge in [0.1, 0.15) is 5.82 Å². The summed E-state index contributed by atoms with van der Waals surface area (Å²) in [6.45, 7) is 1.37. The molecule has 6 rings (SSSR count). The number of para-hydroxylation sites is 1. The lowest BCUT2D eigenvalue weighted by atomic mass is 9.81. The number of fused-ring (bicyclic) bond motifs is 2. The summed E-state index contributed by atoms with van der Waals surface area (Å²) in [5.74, 6) is 0.289. The van der Waals surface area contributed by atoms with Crippen molar-refractivity contribution in [3.05, 3.63) is 90.3 Å². The zero-order chi connectivity index (χ0) is 23.3. The van der Waals surface area contributed by atoms with Gasteiger partial charge in [-0.1, -0.05) is 30.3 Å². The van der Waals surface area contributed by atoms with Crippen LogP contribution in [0.1, 0.15) is 17.5 Å². The van der Waals surface area contributed by atoms with Crippen LogP contribution in [0, 0.1) is 5.82 Å². The molecule has 4 heterocycles. The van der Waals surface area contributed by atoms with Crippen LogP contribution in [0.5, 0.6) is 0 Å². The second-order valence-electron chi connectivity index (χ2n) is 8.63. The molecule has 2 aliphatic heterocycles. The third-order valence-electron chi connectivity index (χ3n) is 6.74. The van der Waals surface area contributed by atoms with Gasteiger partial charge in [0.2, 0.25) is 11.9 Å². The fourth-order valence-corrected chi connectivity index (χ4v) is 5.48. The average molecular weight is 566 g/mol. The highest BCUT2D eigenvalue weighted by atomic mass is 127. The van der Waals surface area contributed by atoms with Crippen molar-refractivity contribution in [1.29, 1.82) is 0 Å². The van der Waals surface area contributed by atoms with Crippen molar-refractivity contribution in [3.8, 4) is 11.1 Å². The van der Waals surface area contributed by atoms with Crippen molar-refractivity contribution in [2.75, 3.05) is 22.9 Å². The molecule has 34 heavy (non-hydrogen) atoms. The van der Waals surface area contributed by atoms with E-state index in [9.17, 15) is 4.79 Å². The number of halogens is 2. The van der Waals surface area contributed by atoms with E-state index < -0.39 is 5.41 Å². The van der Waals surface area contributed by atoms with Crippen LogP contribution < -0.4 is 9.80 Å². The molecule has 1 saturated heterocycles. The molecular formula is C25H20FIN6O. The van der Waals surface area contributed by atoms with E-state index in [-0.39, 0.29) is 18.3 Å². The van der Waals surface area contributed by atoms with Gasteiger partial charge in [-0.15, -0.1) is 0 Å². The Kier molecular flexibility index (Phi) is 5.09. The van der Waals surface area contributed by atoms with Gasteiger partial charge in [0.25, 0.3) is 0 Å². The number of anilines is 2. The van der Waals surface area contributed by atoms with Gasteiger partial charge in [-0.2, -0.15) is 5.10 Å². The molecule has 1 fully saturated rings. The quantitative estimate of drug-likeness (QED) is 0.344. The number of carbonyl (C=O) groups is 1. The highest BCUT2D eigenvalue weighted by molar-refractivity contribution is 14.1. The second-order valence-corrected chi connectivity index (χ2v) is 9.62. The Morgan fingerprint density at radius 2 is 1.88 bits per heavy atom. The van der Waals surface area contributed by atoms with E-state index >= 15 is 4.39 Å². The molecule has 0 bridgehead atoms. The third kappa shape index (κ3) is 3.37. The van der Waals surface area contributed by atoms with Crippen LogP contribution in [0.25, 0.3) is 11.1 Å². The van der Waals surface area contributed by atoms with E-state index in [1.807, 2.05) is 36.5 Å². The maximum Gasteiger partial charge on any atom is 0.239 e. The topological polar surface area (TPSA) is 67.2 Å². The summed E-state index contributed by atoms with van der Waals surface area (Å²) >= 11 is 2.06. The molecule has 1 spiro atoms. The Hall–Kier alpha value is -3.34. The van der Waals surface area contributed by atoms with E-state index in [0.29, 0.717) is 31.0 Å². The SMILES string of the molecule is O=C1N(Cc2ccc(-c3cnn(I)c3)cc2F)c2ccccc2C12CCN(c1ncccn1)C2. The zero-order valence-electron chi connectivity index (χ0n) is 18.1. The van der Waals surface area contributed by atoms with Gasteiger partial charge >= 0.3 is 0 Å². The minimum Gasteiger partial charge on any atom is -0.339 e. The fraction of sp³-hybridized carbons (Fsp3) is 0.200. The molecule has 1 atom stereocenters. The predicted octanol–water partition coefficient (Wildman–Crippen LogP) is 4.37. The minimum absolute atomic E-state index is 0.00166. The molecule has 7 nitrogen and oxygen atoms in total. The first-order valence-corrected chi connectivity index (χ1v) is 11.9. The van der Waals surface area contributed by atoms with Gasteiger partial charge in [-0.3, -0.25) is 4.79 Å². The molecule has 0 N–H and O–H groups in total. The van der Waals surface area contributed by atoms with E-state index in [4.69, 9.17) is 0 Å². The molecule has 0 saturated carbocycles. The van der Waals surface area contributed by atoms with Gasteiger partial charge in [0.05, 0.1) is 41.0 Å². The smallest absolute Gasteiger partial charge is 0.239 e. The Morgan fingerprint density at radius 3 is 2.65 bits per heavy atom. The lowest BCUT2D eigenvalue weighted by molar-refractivity contribution is -0.122. The lowest BCUT2D eigenvalue weighted by Gasteiger charge is -2.24. The van der Waals surface area contributed by atoms with Gasteiger partial charge in [-0.05, 0) is 35.7 Å². The van der Waals surface area contributed by atoms with Crippen LogP contribution in [-0.2, 0) is 16.8 Å². The largest absolute Gasteiger partial charge is 0.339 e. The van der Waals surface area contributed by atoms with Gasteiger partial charge in [0.15, 0.2) is 0 Å². The summed E-state index contributed by atoms with van der Waals surface area (Å²) in [5, 5.41) is 4.15. The molecule has 2 aromatic carbocycles. The standard InChI is InChI=1S/C25H20FIN6O/c26-21-12-17(19-13-30-33(27)15-19)6-7-18(21)14-32-22-5-2-1-4-20(22)25(23(32)34)8-11-31(16-25)24-28-9-3-10-29-24/h1-7,9-10,12-13,15H,8,11,14,16H2. The number of hydrogen-bond acceptors (Lipinski definition) is 5. The summed E-state index contributed by atoms with van der Waals surface area (Å²) in [6.07, 6.45) is 7.62. The number of carbonyl (C=O) groups excluding carboxylic acids is 1. The maximum absolute atomic E-state index is 15.2. The summed E-state index contributed by atoms with van der Waals surface area (Å²) in [5.41, 5.74) is 3.23. The molecule has 2 aromatic heterocycles. The van der Waals surface area contributed by atoms with E-state index in [1.54, 1.807) is 38.5 Å². The van der Waals surface area contributed by atoms with Gasteiger partial charge in [-0.25, -0.2) is 17.3 Å². The Morgan fingerprint density at radius 1 is 1.06 bits per heavy atom. The van der Waals surface area contributed by atoms with Gasteiger partial charge in [0, 0.05) is 48.5 Å². The molecular weight excluding hydrogens is 546 g/mol. The Labute approximate surface area is 209 Å². The fourth-order valence-electron chi connectivity index (χ4n) is 5.06. The molecule has 0 radical (unpaired) electrons. The first kappa shape index (κ1) is 21.2. The summed E-state index contributed by atoms with van der Waals surface area (Å²) < 4.78 is 16.8. The summed E-state index contributed by atoms with van der Waals surface area (Å²) in [4.78, 5) is 26.4. The van der Waals surface area contributed by atoms with E-state index in [1.165, 1.54) is 6.07 Å². The molecule has 170 valence electrons. The van der Waals surface area contributed by atoms with Crippen LogP contribution in [0.15, 0.2) is 73.3 Å². The molecule has 1 amide bonds. The molecule has 4 aromatic rings. The van der Waals surface area contributed by atoms with Crippen LogP contribution in [-0.4, -0.2) is 37.0 Å². The van der Waals surface area contributed by atoms with Crippen molar-refractivity contribution in [2.24, 2.45) is 0 Å². The monoisotopic (exact) mass is 566 g/mol. The average Bonchev–Trinajstić information content (AvgIpc) is 3.56. The highest BCUT2D eigenvalue weighted by Gasteiger charge is 2.54. The van der Waals surface area contributed by atoms with E-state index in [2.05, 4.69) is 42.8 Å². The predicted molar refractivity (Wildman–Crippen MR) is 135 cm³/mol. The number of hydrogen-bond donors (Lipinski definition) is 0. The highest BCUT2D eigenvalue weighted by Crippen LogP contribution is 2.48. The van der Waals surface area contributed by atoms with Crippen molar-refractivity contribution < 1.29 is 9.18 Å². The van der Waals surface area contributed by atoms with E-state index in [0.717, 1.165) is 22.4 Å². The molecule has 9 heteroatoms. The number of aromatic nitrogens is 4. The summed E-state index contributed by atoms with van der Waals surface area (Å²) in [7, 11) is 0. The third-order valence-corrected chi connectivity index (χ3v) is 7.26. The molecule has 1 unspecified atom stereocenters. The van der Waals surface area contributed by atoms with Crippen molar-refractivity contribution >= 4 is 40.4 Å². The van der Waals surface area contributed by atoms with Crippen molar-refractivity contribution in [2.45, 2.75) is 18.4 Å². The molecule has 0 aliphatic carbocycles. The normalized spacial score (nSPS) is 19.3. The van der Waals surface area contributed by atoms with Crippen LogP contribution in [0.4, 0.5) is 16.0 Å². The Balaban J connectivity index is 1.32. The number of benzene rings is 2.